The molecule has 2 N–H and O–H groups in total. The lowest BCUT2D eigenvalue weighted by atomic mass is 10.2. The summed E-state index contributed by atoms with van der Waals surface area (Å²) in [5, 5.41) is 18.1. The van der Waals surface area contributed by atoms with Crippen LogP contribution in [0.15, 0.2) is 5.38 Å². The Balaban J connectivity index is 1.96. The minimum absolute atomic E-state index is 0.192. The van der Waals surface area contributed by atoms with Gasteiger partial charge in [0.1, 0.15) is 0 Å². The Morgan fingerprint density at radius 3 is 3.15 bits per heavy atom. The van der Waals surface area contributed by atoms with Crippen molar-refractivity contribution in [2.75, 3.05) is 6.54 Å². The third-order valence-corrected chi connectivity index (χ3v) is 2.24. The smallest absolute Gasteiger partial charge is 0.0893 e. The molecule has 4 nitrogen and oxygen atoms in total. The SMILES string of the molecule is CC(O)CCCNCc1csnn1. The Labute approximate surface area is 82.2 Å². The van der Waals surface area contributed by atoms with Gasteiger partial charge in [0.05, 0.1) is 11.8 Å². The van der Waals surface area contributed by atoms with Crippen LogP contribution in [-0.4, -0.2) is 27.3 Å². The van der Waals surface area contributed by atoms with E-state index in [2.05, 4.69) is 14.9 Å². The number of aromatic nitrogens is 2. The normalized spacial score (nSPS) is 13.1. The summed E-state index contributed by atoms with van der Waals surface area (Å²) < 4.78 is 3.76. The second-order valence-electron chi connectivity index (χ2n) is 3.06. The van der Waals surface area contributed by atoms with Crippen LogP contribution in [0, 0.1) is 0 Å². The van der Waals surface area contributed by atoms with Crippen LogP contribution in [0.4, 0.5) is 0 Å². The Bertz CT molecular complexity index is 213. The molecule has 1 heterocycles. The van der Waals surface area contributed by atoms with Gasteiger partial charge in [-0.05, 0) is 37.8 Å². The zero-order valence-corrected chi connectivity index (χ0v) is 8.55. The number of hydrogen-bond acceptors (Lipinski definition) is 5. The van der Waals surface area contributed by atoms with Crippen molar-refractivity contribution >= 4 is 11.5 Å². The van der Waals surface area contributed by atoms with E-state index >= 15 is 0 Å². The third-order valence-electron chi connectivity index (χ3n) is 1.69. The van der Waals surface area contributed by atoms with Crippen LogP contribution in [0.2, 0.25) is 0 Å². The Morgan fingerprint density at radius 2 is 2.54 bits per heavy atom. The Morgan fingerprint density at radius 1 is 1.69 bits per heavy atom. The fourth-order valence-corrected chi connectivity index (χ4v) is 1.45. The highest BCUT2D eigenvalue weighted by Gasteiger charge is 1.96. The van der Waals surface area contributed by atoms with Crippen molar-refractivity contribution in [3.05, 3.63) is 11.1 Å². The molecule has 0 aliphatic heterocycles. The molecule has 0 spiro atoms. The number of nitrogens with zero attached hydrogens (tertiary/aromatic N) is 2. The predicted molar refractivity (Wildman–Crippen MR) is 52.5 cm³/mol. The summed E-state index contributed by atoms with van der Waals surface area (Å²) in [4.78, 5) is 0. The number of rotatable bonds is 6. The summed E-state index contributed by atoms with van der Waals surface area (Å²) in [6.45, 7) is 3.50. The number of nitrogens with one attached hydrogen (secondary N) is 1. The van der Waals surface area contributed by atoms with Crippen molar-refractivity contribution in [2.45, 2.75) is 32.4 Å². The highest BCUT2D eigenvalue weighted by atomic mass is 32.1. The van der Waals surface area contributed by atoms with Crippen LogP contribution in [0.3, 0.4) is 0 Å². The standard InChI is InChI=1S/C8H15N3OS/c1-7(12)3-2-4-9-5-8-6-13-11-10-8/h6-7,9,12H,2-5H2,1H3. The van der Waals surface area contributed by atoms with Crippen LogP contribution in [-0.2, 0) is 6.54 Å². The van der Waals surface area contributed by atoms with Crippen LogP contribution in [0.1, 0.15) is 25.5 Å². The predicted octanol–water partition coefficient (Wildman–Crippen LogP) is 0.789. The van der Waals surface area contributed by atoms with E-state index in [0.717, 1.165) is 31.6 Å². The molecule has 1 atom stereocenters. The molecule has 5 heteroatoms. The third kappa shape index (κ3) is 4.92. The minimum atomic E-state index is -0.192. The first kappa shape index (κ1) is 10.6. The van der Waals surface area contributed by atoms with Gasteiger partial charge in [0, 0.05) is 11.9 Å². The molecule has 74 valence electrons. The van der Waals surface area contributed by atoms with E-state index in [0.29, 0.717) is 0 Å². The summed E-state index contributed by atoms with van der Waals surface area (Å²) in [6.07, 6.45) is 1.65. The van der Waals surface area contributed by atoms with E-state index in [1.165, 1.54) is 11.5 Å². The highest BCUT2D eigenvalue weighted by Crippen LogP contribution is 1.97. The molecular weight excluding hydrogens is 186 g/mol. The molecule has 1 rings (SSSR count). The lowest BCUT2D eigenvalue weighted by Crippen LogP contribution is -2.16. The summed E-state index contributed by atoms with van der Waals surface area (Å²) >= 11 is 1.37. The van der Waals surface area contributed by atoms with Gasteiger partial charge in [-0.25, -0.2) is 0 Å². The molecule has 0 bridgehead atoms. The zero-order chi connectivity index (χ0) is 9.52. The van der Waals surface area contributed by atoms with Crippen LogP contribution in [0.5, 0.6) is 0 Å². The first-order valence-corrected chi connectivity index (χ1v) is 5.27. The van der Waals surface area contributed by atoms with E-state index in [9.17, 15) is 0 Å². The van der Waals surface area contributed by atoms with E-state index < -0.39 is 0 Å². The van der Waals surface area contributed by atoms with E-state index in [-0.39, 0.29) is 6.10 Å². The molecule has 1 unspecified atom stereocenters. The molecule has 0 saturated carbocycles. The van der Waals surface area contributed by atoms with Gasteiger partial charge >= 0.3 is 0 Å². The summed E-state index contributed by atoms with van der Waals surface area (Å²) in [7, 11) is 0. The average Bonchev–Trinajstić information content (AvgIpc) is 2.55. The van der Waals surface area contributed by atoms with E-state index in [4.69, 9.17) is 5.11 Å². The number of aliphatic hydroxyl groups excluding tert-OH is 1. The highest BCUT2D eigenvalue weighted by molar-refractivity contribution is 7.03. The molecule has 0 saturated heterocycles. The van der Waals surface area contributed by atoms with Crippen LogP contribution >= 0.6 is 11.5 Å². The van der Waals surface area contributed by atoms with Gasteiger partial charge in [-0.1, -0.05) is 4.49 Å². The number of hydrogen-bond donors (Lipinski definition) is 2. The molecule has 0 aliphatic carbocycles. The van der Waals surface area contributed by atoms with Gasteiger partial charge in [0.2, 0.25) is 0 Å². The maximum absolute atomic E-state index is 8.99. The maximum Gasteiger partial charge on any atom is 0.0893 e. The van der Waals surface area contributed by atoms with Crippen molar-refractivity contribution in [2.24, 2.45) is 0 Å². The second kappa shape index (κ2) is 6.01. The molecule has 1 aromatic rings. The van der Waals surface area contributed by atoms with Crippen molar-refractivity contribution in [3.63, 3.8) is 0 Å². The molecule has 1 aromatic heterocycles. The van der Waals surface area contributed by atoms with Crippen molar-refractivity contribution in [1.82, 2.24) is 14.9 Å². The fraction of sp³-hybridized carbons (Fsp3) is 0.750. The minimum Gasteiger partial charge on any atom is -0.393 e. The zero-order valence-electron chi connectivity index (χ0n) is 7.73. The Kier molecular flexibility index (Phi) is 4.88. The van der Waals surface area contributed by atoms with E-state index in [1.807, 2.05) is 12.3 Å². The van der Waals surface area contributed by atoms with Gasteiger partial charge in [-0.3, -0.25) is 0 Å². The summed E-state index contributed by atoms with van der Waals surface area (Å²) in [5.41, 5.74) is 0.988. The largest absolute Gasteiger partial charge is 0.393 e. The topological polar surface area (TPSA) is 58.0 Å². The van der Waals surface area contributed by atoms with Gasteiger partial charge in [0.15, 0.2) is 0 Å². The molecule has 0 radical (unpaired) electrons. The van der Waals surface area contributed by atoms with Gasteiger partial charge in [0.25, 0.3) is 0 Å². The average molecular weight is 201 g/mol. The van der Waals surface area contributed by atoms with Crippen LogP contribution < -0.4 is 5.32 Å². The van der Waals surface area contributed by atoms with Crippen molar-refractivity contribution < 1.29 is 5.11 Å². The quantitative estimate of drug-likeness (QED) is 0.668. The molecule has 0 aliphatic rings. The second-order valence-corrected chi connectivity index (χ2v) is 3.67. The summed E-state index contributed by atoms with van der Waals surface area (Å²) in [6, 6.07) is 0. The monoisotopic (exact) mass is 201 g/mol. The first-order chi connectivity index (χ1) is 6.29. The molecule has 0 fully saturated rings. The van der Waals surface area contributed by atoms with Crippen LogP contribution in [0.25, 0.3) is 0 Å². The molecular formula is C8H15N3OS. The molecule has 0 amide bonds. The lowest BCUT2D eigenvalue weighted by Gasteiger charge is -2.04. The van der Waals surface area contributed by atoms with E-state index in [1.54, 1.807) is 0 Å². The molecule has 13 heavy (non-hydrogen) atoms. The molecule has 0 aromatic carbocycles. The summed E-state index contributed by atoms with van der Waals surface area (Å²) in [5.74, 6) is 0. The maximum atomic E-state index is 8.99. The van der Waals surface area contributed by atoms with Gasteiger partial charge in [-0.15, -0.1) is 5.10 Å². The number of aliphatic hydroxyl groups is 1. The van der Waals surface area contributed by atoms with Crippen molar-refractivity contribution in [3.8, 4) is 0 Å². The van der Waals surface area contributed by atoms with Crippen molar-refractivity contribution in [1.29, 1.82) is 0 Å². The van der Waals surface area contributed by atoms with Gasteiger partial charge < -0.3 is 10.4 Å². The van der Waals surface area contributed by atoms with Gasteiger partial charge in [-0.2, -0.15) is 0 Å². The lowest BCUT2D eigenvalue weighted by molar-refractivity contribution is 0.181. The fourth-order valence-electron chi connectivity index (χ4n) is 1.000. The Hall–Kier alpha value is -0.520. The first-order valence-electron chi connectivity index (χ1n) is 4.44.